The van der Waals surface area contributed by atoms with E-state index in [1.54, 1.807) is 24.3 Å². The minimum atomic E-state index is -0.929. The number of amides is 1. The van der Waals surface area contributed by atoms with Crippen LogP contribution in [0, 0.1) is 11.3 Å². The molecule has 3 aromatic rings. The van der Waals surface area contributed by atoms with E-state index in [-0.39, 0.29) is 6.42 Å². The molecule has 0 spiro atoms. The van der Waals surface area contributed by atoms with E-state index in [0.717, 1.165) is 16.7 Å². The Morgan fingerprint density at radius 1 is 0.931 bits per heavy atom. The minimum absolute atomic E-state index is 0.0869. The Balaban J connectivity index is 1.52. The first-order valence-corrected chi connectivity index (χ1v) is 9.20. The van der Waals surface area contributed by atoms with Crippen LogP contribution in [-0.4, -0.2) is 18.0 Å². The first-order chi connectivity index (χ1) is 14.0. The molecule has 3 rings (SSSR count). The summed E-state index contributed by atoms with van der Waals surface area (Å²) in [6, 6.07) is 26.1. The summed E-state index contributed by atoms with van der Waals surface area (Å²) in [6.07, 6.45) is -0.842. The van der Waals surface area contributed by atoms with Gasteiger partial charge in [-0.05, 0) is 47.9 Å². The highest BCUT2D eigenvalue weighted by molar-refractivity contribution is 5.95. The number of hydrogen-bond donors (Lipinski definition) is 1. The molecule has 0 unspecified atom stereocenters. The number of carbonyl (C=O) groups excluding carboxylic acids is 2. The fourth-order valence-corrected chi connectivity index (χ4v) is 2.78. The van der Waals surface area contributed by atoms with Crippen LogP contribution in [0.15, 0.2) is 78.9 Å². The van der Waals surface area contributed by atoms with Crippen molar-refractivity contribution in [1.82, 2.24) is 0 Å². The average Bonchev–Trinajstić information content (AvgIpc) is 2.75. The van der Waals surface area contributed by atoms with E-state index in [4.69, 9.17) is 10.00 Å². The lowest BCUT2D eigenvalue weighted by Gasteiger charge is -2.14. The van der Waals surface area contributed by atoms with E-state index >= 15 is 0 Å². The first-order valence-electron chi connectivity index (χ1n) is 9.20. The maximum absolute atomic E-state index is 12.2. The fraction of sp³-hybridized carbons (Fsp3) is 0.125. The third-order valence-corrected chi connectivity index (χ3v) is 4.37. The van der Waals surface area contributed by atoms with Crippen LogP contribution >= 0.6 is 0 Å². The predicted octanol–water partition coefficient (Wildman–Crippen LogP) is 4.34. The van der Waals surface area contributed by atoms with Crippen molar-refractivity contribution in [3.8, 4) is 17.2 Å². The number of ether oxygens (including phenoxy) is 1. The highest BCUT2D eigenvalue weighted by Gasteiger charge is 2.18. The standard InChI is InChI=1S/C24H20N2O3/c1-17(24(28)26-22-13-9-19(16-25)10-14-22)29-23(27)15-18-7-11-21(12-8-18)20-5-3-2-4-6-20/h2-14,17H,15H2,1H3,(H,26,28)/t17-/m0/s1. The lowest BCUT2D eigenvalue weighted by atomic mass is 10.0. The Bertz CT molecular complexity index is 1020. The van der Waals surface area contributed by atoms with E-state index in [1.807, 2.05) is 60.7 Å². The zero-order chi connectivity index (χ0) is 20.6. The zero-order valence-corrected chi connectivity index (χ0v) is 16.0. The Labute approximate surface area is 169 Å². The summed E-state index contributed by atoms with van der Waals surface area (Å²) in [6.45, 7) is 1.52. The predicted molar refractivity (Wildman–Crippen MR) is 111 cm³/mol. The van der Waals surface area contributed by atoms with Gasteiger partial charge in [0, 0.05) is 5.69 Å². The molecule has 0 fully saturated rings. The van der Waals surface area contributed by atoms with Gasteiger partial charge in [-0.2, -0.15) is 5.26 Å². The maximum atomic E-state index is 12.2. The molecule has 0 radical (unpaired) electrons. The van der Waals surface area contributed by atoms with Gasteiger partial charge in [-0.15, -0.1) is 0 Å². The molecule has 5 nitrogen and oxygen atoms in total. The summed E-state index contributed by atoms with van der Waals surface area (Å²) < 4.78 is 5.24. The van der Waals surface area contributed by atoms with Crippen LogP contribution in [0.3, 0.4) is 0 Å². The van der Waals surface area contributed by atoms with Gasteiger partial charge in [0.2, 0.25) is 0 Å². The molecule has 144 valence electrons. The number of nitrogens with one attached hydrogen (secondary N) is 1. The molecule has 1 amide bonds. The Morgan fingerprint density at radius 2 is 1.55 bits per heavy atom. The summed E-state index contributed by atoms with van der Waals surface area (Å²) in [4.78, 5) is 24.4. The number of benzene rings is 3. The zero-order valence-electron chi connectivity index (χ0n) is 16.0. The Morgan fingerprint density at radius 3 is 2.17 bits per heavy atom. The minimum Gasteiger partial charge on any atom is -0.452 e. The van der Waals surface area contributed by atoms with Crippen molar-refractivity contribution in [2.75, 3.05) is 5.32 Å². The number of carbonyl (C=O) groups is 2. The van der Waals surface area contributed by atoms with Gasteiger partial charge in [-0.3, -0.25) is 9.59 Å². The van der Waals surface area contributed by atoms with Gasteiger partial charge >= 0.3 is 5.97 Å². The van der Waals surface area contributed by atoms with Gasteiger partial charge in [-0.1, -0.05) is 54.6 Å². The van der Waals surface area contributed by atoms with Crippen LogP contribution in [0.5, 0.6) is 0 Å². The normalized spacial score (nSPS) is 11.2. The quantitative estimate of drug-likeness (QED) is 0.641. The molecule has 0 saturated carbocycles. The van der Waals surface area contributed by atoms with Crippen LogP contribution in [0.2, 0.25) is 0 Å². The molecule has 1 atom stereocenters. The van der Waals surface area contributed by atoms with Crippen LogP contribution in [0.4, 0.5) is 5.69 Å². The second kappa shape index (κ2) is 9.34. The van der Waals surface area contributed by atoms with Crippen molar-refractivity contribution in [2.45, 2.75) is 19.4 Å². The molecule has 1 N–H and O–H groups in total. The molecule has 0 aliphatic heterocycles. The molecule has 5 heteroatoms. The van der Waals surface area contributed by atoms with Crippen molar-refractivity contribution in [3.05, 3.63) is 90.0 Å². The number of rotatable bonds is 6. The molecule has 3 aromatic carbocycles. The first kappa shape index (κ1) is 19.8. The molecule has 0 aromatic heterocycles. The lowest BCUT2D eigenvalue weighted by Crippen LogP contribution is -2.30. The molecule has 0 aliphatic carbocycles. The third kappa shape index (κ3) is 5.53. The van der Waals surface area contributed by atoms with E-state index in [9.17, 15) is 9.59 Å². The van der Waals surface area contributed by atoms with Gasteiger partial charge in [0.05, 0.1) is 18.1 Å². The van der Waals surface area contributed by atoms with E-state index in [0.29, 0.717) is 11.3 Å². The van der Waals surface area contributed by atoms with Crippen molar-refractivity contribution >= 4 is 17.6 Å². The number of hydrogen-bond acceptors (Lipinski definition) is 4. The maximum Gasteiger partial charge on any atom is 0.311 e. The largest absolute Gasteiger partial charge is 0.452 e. The highest BCUT2D eigenvalue weighted by Crippen LogP contribution is 2.19. The molecular formula is C24H20N2O3. The number of nitrogens with zero attached hydrogens (tertiary/aromatic N) is 1. The molecule has 0 saturated heterocycles. The second-order valence-electron chi connectivity index (χ2n) is 6.55. The van der Waals surface area contributed by atoms with Gasteiger partial charge in [0.15, 0.2) is 6.10 Å². The third-order valence-electron chi connectivity index (χ3n) is 4.37. The van der Waals surface area contributed by atoms with Gasteiger partial charge in [-0.25, -0.2) is 0 Å². The SMILES string of the molecule is C[C@H](OC(=O)Cc1ccc(-c2ccccc2)cc1)C(=O)Nc1ccc(C#N)cc1. The summed E-state index contributed by atoms with van der Waals surface area (Å²) in [5.41, 5.74) is 4.02. The van der Waals surface area contributed by atoms with E-state index in [1.165, 1.54) is 6.92 Å². The molecule has 29 heavy (non-hydrogen) atoms. The lowest BCUT2D eigenvalue weighted by molar-refractivity contribution is -0.152. The average molecular weight is 384 g/mol. The fourth-order valence-electron chi connectivity index (χ4n) is 2.78. The summed E-state index contributed by atoms with van der Waals surface area (Å²) in [5.74, 6) is -0.901. The number of esters is 1. The molecule has 0 bridgehead atoms. The summed E-state index contributed by atoms with van der Waals surface area (Å²) >= 11 is 0. The Kier molecular flexibility index (Phi) is 6.39. The van der Waals surface area contributed by atoms with Crippen LogP contribution in [0.1, 0.15) is 18.1 Å². The van der Waals surface area contributed by atoms with Crippen molar-refractivity contribution in [3.63, 3.8) is 0 Å². The van der Waals surface area contributed by atoms with Crippen LogP contribution < -0.4 is 5.32 Å². The number of nitriles is 1. The topological polar surface area (TPSA) is 79.2 Å². The summed E-state index contributed by atoms with van der Waals surface area (Å²) in [5, 5.41) is 11.5. The van der Waals surface area contributed by atoms with Gasteiger partial charge < -0.3 is 10.1 Å². The second-order valence-corrected chi connectivity index (χ2v) is 6.55. The monoisotopic (exact) mass is 384 g/mol. The van der Waals surface area contributed by atoms with E-state index in [2.05, 4.69) is 5.32 Å². The van der Waals surface area contributed by atoms with Crippen molar-refractivity contribution in [1.29, 1.82) is 5.26 Å². The summed E-state index contributed by atoms with van der Waals surface area (Å²) in [7, 11) is 0. The molecule has 0 aliphatic rings. The number of anilines is 1. The Hall–Kier alpha value is -3.91. The molecule has 0 heterocycles. The van der Waals surface area contributed by atoms with Crippen LogP contribution in [-0.2, 0) is 20.7 Å². The van der Waals surface area contributed by atoms with Crippen molar-refractivity contribution in [2.24, 2.45) is 0 Å². The molecular weight excluding hydrogens is 364 g/mol. The van der Waals surface area contributed by atoms with Crippen molar-refractivity contribution < 1.29 is 14.3 Å². The highest BCUT2D eigenvalue weighted by atomic mass is 16.5. The van der Waals surface area contributed by atoms with Gasteiger partial charge in [0.1, 0.15) is 0 Å². The van der Waals surface area contributed by atoms with E-state index < -0.39 is 18.0 Å². The van der Waals surface area contributed by atoms with Gasteiger partial charge in [0.25, 0.3) is 5.91 Å². The van der Waals surface area contributed by atoms with Crippen LogP contribution in [0.25, 0.3) is 11.1 Å². The smallest absolute Gasteiger partial charge is 0.311 e.